The Hall–Kier alpha value is -4.97. The van der Waals surface area contributed by atoms with Crippen LogP contribution in [0.15, 0.2) is 133 Å². The molecule has 0 fully saturated rings. The van der Waals surface area contributed by atoms with E-state index >= 15 is 0 Å². The largest absolute Gasteiger partial charge is 0.493 e. The number of nitrogens with zero attached hydrogens (tertiary/aromatic N) is 1. The van der Waals surface area contributed by atoms with Gasteiger partial charge in [0.15, 0.2) is 29.0 Å². The zero-order chi connectivity index (χ0) is 30.4. The van der Waals surface area contributed by atoms with Crippen molar-refractivity contribution in [2.75, 3.05) is 19.0 Å². The van der Waals surface area contributed by atoms with E-state index in [1.807, 2.05) is 84.7 Å². The molecule has 1 aromatic heterocycles. The van der Waals surface area contributed by atoms with Crippen LogP contribution >= 0.6 is 18.2 Å². The Balaban J connectivity index is 1.30. The first-order chi connectivity index (χ1) is 21.6. The third-order valence-electron chi connectivity index (χ3n) is 7.15. The molecule has 1 amide bonds. The number of ketones is 1. The molecule has 0 aliphatic rings. The highest BCUT2D eigenvalue weighted by molar-refractivity contribution is 7.95. The summed E-state index contributed by atoms with van der Waals surface area (Å²) in [5, 5.41) is 6.53. The number of aromatic nitrogens is 1. The molecule has 0 atom stereocenters. The molecular weight excluding hydrogens is 587 g/mol. The van der Waals surface area contributed by atoms with E-state index in [1.54, 1.807) is 18.2 Å². The molecule has 6 aromatic rings. The van der Waals surface area contributed by atoms with Gasteiger partial charge in [-0.15, -0.1) is 0 Å². The third kappa shape index (κ3) is 6.06. The summed E-state index contributed by atoms with van der Waals surface area (Å²) in [5.41, 5.74) is 1.28. The van der Waals surface area contributed by atoms with E-state index in [0.717, 1.165) is 26.1 Å². The van der Waals surface area contributed by atoms with Crippen molar-refractivity contribution in [3.63, 3.8) is 0 Å². The molecule has 0 saturated carbocycles. The number of methoxy groups -OCH3 is 1. The zero-order valence-electron chi connectivity index (χ0n) is 23.9. The number of rotatable bonds is 10. The number of Topliss-reactive ketones (excluding diaryl/α,β-unsaturated/α-hetero) is 1. The second-order valence-electron chi connectivity index (χ2n) is 9.91. The van der Waals surface area contributed by atoms with E-state index < -0.39 is 6.89 Å². The average molecular weight is 617 g/mol. The molecule has 6 nitrogen and oxygen atoms in total. The Morgan fingerprint density at radius 1 is 0.750 bits per heavy atom. The van der Waals surface area contributed by atoms with Gasteiger partial charge in [0.1, 0.15) is 0 Å². The summed E-state index contributed by atoms with van der Waals surface area (Å²) in [6, 6.07) is 43.3. The topological polar surface area (TPSA) is 77.5 Å². The molecule has 0 unspecified atom stereocenters. The Morgan fingerprint density at radius 2 is 1.32 bits per heavy atom. The Morgan fingerprint density at radius 3 is 1.89 bits per heavy atom. The minimum atomic E-state index is -2.49. The molecule has 5 aromatic carbocycles. The summed E-state index contributed by atoms with van der Waals surface area (Å²) in [7, 11) is 1.51. The summed E-state index contributed by atoms with van der Waals surface area (Å²) in [6.07, 6.45) is 0. The Labute approximate surface area is 259 Å². The number of para-hydroxylation sites is 1. The van der Waals surface area contributed by atoms with Gasteiger partial charge in [-0.05, 0) is 58.9 Å². The normalized spacial score (nSPS) is 11.1. The van der Waals surface area contributed by atoms with Gasteiger partial charge in [-0.2, -0.15) is 0 Å². The van der Waals surface area contributed by atoms with Crippen LogP contribution in [-0.4, -0.2) is 36.2 Å². The molecule has 0 aliphatic heterocycles. The van der Waals surface area contributed by atoms with Crippen LogP contribution in [-0.2, 0) is 4.79 Å². The van der Waals surface area contributed by atoms with E-state index in [2.05, 4.69) is 46.7 Å². The SMILES string of the molecule is COc1cc(C(=O)C=P(c2ccccc2)(c2ccccc2)c2ccccc2)ccc1OCC(=O)Nc1nc2ccccc2s1. The molecule has 0 bridgehead atoms. The highest BCUT2D eigenvalue weighted by Crippen LogP contribution is 2.44. The number of ether oxygens (including phenoxy) is 2. The maximum absolute atomic E-state index is 14.1. The number of amides is 1. The van der Waals surface area contributed by atoms with Crippen LogP contribution in [0.25, 0.3) is 10.2 Å². The van der Waals surface area contributed by atoms with Crippen molar-refractivity contribution in [3.05, 3.63) is 139 Å². The van der Waals surface area contributed by atoms with Gasteiger partial charge in [0, 0.05) is 5.56 Å². The summed E-state index contributed by atoms with van der Waals surface area (Å²) in [5.74, 6) is 2.13. The molecule has 0 aliphatic carbocycles. The smallest absolute Gasteiger partial charge is 0.264 e. The monoisotopic (exact) mass is 616 g/mol. The number of fused-ring (bicyclic) bond motifs is 1. The molecule has 0 saturated heterocycles. The van der Waals surface area contributed by atoms with Crippen LogP contribution in [0.4, 0.5) is 5.13 Å². The number of nitrogens with one attached hydrogen (secondary N) is 1. The van der Waals surface area contributed by atoms with Crippen LogP contribution in [0.3, 0.4) is 0 Å². The van der Waals surface area contributed by atoms with Crippen LogP contribution in [0.2, 0.25) is 0 Å². The highest BCUT2D eigenvalue weighted by atomic mass is 32.1. The average Bonchev–Trinajstić information content (AvgIpc) is 3.49. The van der Waals surface area contributed by atoms with Gasteiger partial charge in [0.2, 0.25) is 0 Å². The van der Waals surface area contributed by atoms with Crippen molar-refractivity contribution in [3.8, 4) is 11.5 Å². The summed E-state index contributed by atoms with van der Waals surface area (Å²) >= 11 is 1.40. The lowest BCUT2D eigenvalue weighted by Crippen LogP contribution is -2.28. The quantitative estimate of drug-likeness (QED) is 0.144. The molecule has 0 radical (unpaired) electrons. The molecule has 0 spiro atoms. The van der Waals surface area contributed by atoms with Crippen molar-refractivity contribution >= 4 is 67.0 Å². The number of carbonyl (C=O) groups is 2. The number of thiazole rings is 1. The van der Waals surface area contributed by atoms with Gasteiger partial charge in [-0.25, -0.2) is 4.98 Å². The summed E-state index contributed by atoms with van der Waals surface area (Å²) < 4.78 is 12.4. The fraction of sp³-hybridized carbons (Fsp3) is 0.0556. The number of hydrogen-bond acceptors (Lipinski definition) is 6. The molecule has 6 rings (SSSR count). The summed E-state index contributed by atoms with van der Waals surface area (Å²) in [4.78, 5) is 31.2. The predicted octanol–water partition coefficient (Wildman–Crippen LogP) is 6.30. The molecular formula is C36H29N2O4PS. The molecule has 44 heavy (non-hydrogen) atoms. The van der Waals surface area contributed by atoms with Crippen LogP contribution in [0.1, 0.15) is 10.4 Å². The maximum Gasteiger partial charge on any atom is 0.264 e. The van der Waals surface area contributed by atoms with Crippen LogP contribution in [0.5, 0.6) is 11.5 Å². The Kier molecular flexibility index (Phi) is 8.69. The second-order valence-corrected chi connectivity index (χ2v) is 14.2. The van der Waals surface area contributed by atoms with Gasteiger partial charge in [-0.3, -0.25) is 14.9 Å². The molecule has 1 N–H and O–H groups in total. The lowest BCUT2D eigenvalue weighted by atomic mass is 10.1. The van der Waals surface area contributed by atoms with Crippen LogP contribution < -0.4 is 30.7 Å². The summed E-state index contributed by atoms with van der Waals surface area (Å²) in [6.45, 7) is -2.72. The first-order valence-electron chi connectivity index (χ1n) is 14.0. The first kappa shape index (κ1) is 29.1. The molecule has 1 heterocycles. The highest BCUT2D eigenvalue weighted by Gasteiger charge is 2.27. The zero-order valence-corrected chi connectivity index (χ0v) is 25.6. The van der Waals surface area contributed by atoms with Crippen molar-refractivity contribution in [1.29, 1.82) is 0 Å². The lowest BCUT2D eigenvalue weighted by molar-refractivity contribution is -0.118. The van der Waals surface area contributed by atoms with Crippen molar-refractivity contribution in [2.45, 2.75) is 0 Å². The van der Waals surface area contributed by atoms with Gasteiger partial charge >= 0.3 is 0 Å². The van der Waals surface area contributed by atoms with Crippen molar-refractivity contribution in [1.82, 2.24) is 4.98 Å². The minimum Gasteiger partial charge on any atom is -0.493 e. The van der Waals surface area contributed by atoms with E-state index in [9.17, 15) is 9.59 Å². The van der Waals surface area contributed by atoms with E-state index in [4.69, 9.17) is 9.47 Å². The molecule has 8 heteroatoms. The number of carbonyl (C=O) groups excluding carboxylic acids is 2. The lowest BCUT2D eigenvalue weighted by Gasteiger charge is -2.28. The van der Waals surface area contributed by atoms with E-state index in [0.29, 0.717) is 22.2 Å². The number of hydrogen-bond donors (Lipinski definition) is 1. The van der Waals surface area contributed by atoms with Crippen LogP contribution in [0, 0.1) is 0 Å². The molecule has 218 valence electrons. The minimum absolute atomic E-state index is 0.131. The van der Waals surface area contributed by atoms with E-state index in [-0.39, 0.29) is 18.3 Å². The van der Waals surface area contributed by atoms with Gasteiger partial charge < -0.3 is 9.47 Å². The van der Waals surface area contributed by atoms with Gasteiger partial charge in [0.05, 0.1) is 17.3 Å². The van der Waals surface area contributed by atoms with Crippen molar-refractivity contribution < 1.29 is 19.1 Å². The fourth-order valence-electron chi connectivity index (χ4n) is 5.08. The Bertz CT molecular complexity index is 1840. The van der Waals surface area contributed by atoms with Gasteiger partial charge in [-0.1, -0.05) is 114 Å². The number of benzene rings is 5. The number of anilines is 1. The maximum atomic E-state index is 14.1. The van der Waals surface area contributed by atoms with Crippen molar-refractivity contribution in [2.24, 2.45) is 0 Å². The van der Waals surface area contributed by atoms with Gasteiger partial charge in [0.25, 0.3) is 5.91 Å². The standard InChI is InChI=1S/C36H29N2O4PS/c1-41-33-23-26(21-22-32(33)42-24-35(40)38-36-37-30-19-11-12-20-34(30)44-36)31(39)25-43(27-13-5-2-6-14-27,28-15-7-3-8-16-28)29-17-9-4-10-18-29/h2-23,25H,24H2,1H3,(H,37,38,40). The third-order valence-corrected chi connectivity index (χ3v) is 12.1. The first-order valence-corrected chi connectivity index (χ1v) is 16.7. The fourth-order valence-corrected chi connectivity index (χ4v) is 9.73. The second kappa shape index (κ2) is 13.1. The predicted molar refractivity (Wildman–Crippen MR) is 182 cm³/mol. The van der Waals surface area contributed by atoms with E-state index in [1.165, 1.54) is 18.4 Å².